The highest BCUT2D eigenvalue weighted by molar-refractivity contribution is 5.82. The van der Waals surface area contributed by atoms with Crippen LogP contribution in [0.3, 0.4) is 0 Å². The first-order chi connectivity index (χ1) is 15.2. The second-order valence-corrected chi connectivity index (χ2v) is 7.40. The van der Waals surface area contributed by atoms with Gasteiger partial charge in [-0.15, -0.1) is 0 Å². The molecule has 3 aromatic heterocycles. The molecule has 0 aliphatic heterocycles. The first-order valence-electron chi connectivity index (χ1n) is 10.1. The molecule has 156 valence electrons. The molecule has 31 heavy (non-hydrogen) atoms. The van der Waals surface area contributed by atoms with Crippen LogP contribution in [-0.4, -0.2) is 21.3 Å². The van der Waals surface area contributed by atoms with E-state index >= 15 is 0 Å². The van der Waals surface area contributed by atoms with Crippen molar-refractivity contribution in [3.05, 3.63) is 84.1 Å². The van der Waals surface area contributed by atoms with Gasteiger partial charge in [0.15, 0.2) is 5.76 Å². The number of halogens is 1. The lowest BCUT2D eigenvalue weighted by Crippen LogP contribution is -2.17. The number of aromatic nitrogens is 3. The topological polar surface area (TPSA) is 69.0 Å². The molecule has 0 aliphatic rings. The molecule has 2 aromatic carbocycles. The predicted octanol–water partition coefficient (Wildman–Crippen LogP) is 4.96. The van der Waals surface area contributed by atoms with Crippen LogP contribution in [0.4, 0.5) is 4.39 Å². The van der Waals surface area contributed by atoms with Crippen LogP contribution in [0, 0.1) is 5.82 Å². The van der Waals surface area contributed by atoms with Crippen molar-refractivity contribution in [1.29, 1.82) is 0 Å². The first kappa shape index (κ1) is 19.3. The van der Waals surface area contributed by atoms with Crippen LogP contribution in [0.5, 0.6) is 0 Å². The van der Waals surface area contributed by atoms with Gasteiger partial charge in [-0.3, -0.25) is 4.68 Å². The Kier molecular flexibility index (Phi) is 5.09. The summed E-state index contributed by atoms with van der Waals surface area (Å²) in [5, 5.41) is 9.08. The largest absolute Gasteiger partial charge is 0.454 e. The van der Waals surface area contributed by atoms with E-state index in [0.29, 0.717) is 18.9 Å². The van der Waals surface area contributed by atoms with E-state index in [1.54, 1.807) is 23.1 Å². The lowest BCUT2D eigenvalue weighted by Gasteiger charge is -2.03. The Labute approximate surface area is 178 Å². The fourth-order valence-corrected chi connectivity index (χ4v) is 3.56. The van der Waals surface area contributed by atoms with Crippen molar-refractivity contribution in [3.63, 3.8) is 0 Å². The van der Waals surface area contributed by atoms with E-state index < -0.39 is 0 Å². The summed E-state index contributed by atoms with van der Waals surface area (Å²) in [5.41, 5.74) is 4.35. The zero-order valence-corrected chi connectivity index (χ0v) is 17.0. The molecule has 0 bridgehead atoms. The quantitative estimate of drug-likeness (QED) is 0.380. The summed E-state index contributed by atoms with van der Waals surface area (Å²) in [6, 6.07) is 16.1. The number of nitrogens with one attached hydrogen (secondary N) is 1. The second kappa shape index (κ2) is 8.20. The van der Waals surface area contributed by atoms with E-state index in [1.165, 1.54) is 12.1 Å². The maximum atomic E-state index is 13.1. The van der Waals surface area contributed by atoms with Crippen molar-refractivity contribution in [3.8, 4) is 22.9 Å². The van der Waals surface area contributed by atoms with Gasteiger partial charge in [0.25, 0.3) is 0 Å². The number of rotatable bonds is 7. The fraction of sp³-hybridized carbons (Fsp3) is 0.167. The van der Waals surface area contributed by atoms with Crippen LogP contribution in [0.1, 0.15) is 11.3 Å². The Morgan fingerprint density at radius 3 is 2.77 bits per heavy atom. The highest BCUT2D eigenvalue weighted by Gasteiger charge is 2.15. The standard InChI is InChI=1S/C24H21FN4O2/c1-29-14-18(23(28-29)22-12-17-4-2-3-5-21(17)31-22)13-26-11-10-20-15-30-24(27-20)16-6-8-19(25)9-7-16/h2-9,12,14-15,26H,10-11,13H2,1H3. The third-order valence-corrected chi connectivity index (χ3v) is 5.08. The molecule has 0 fully saturated rings. The van der Waals surface area contributed by atoms with Crippen molar-refractivity contribution >= 4 is 11.0 Å². The summed E-state index contributed by atoms with van der Waals surface area (Å²) in [5.74, 6) is 0.977. The van der Waals surface area contributed by atoms with E-state index in [0.717, 1.165) is 45.8 Å². The van der Waals surface area contributed by atoms with Crippen LogP contribution >= 0.6 is 0 Å². The molecule has 3 heterocycles. The number of aryl methyl sites for hydroxylation is 1. The second-order valence-electron chi connectivity index (χ2n) is 7.40. The molecule has 5 aromatic rings. The summed E-state index contributed by atoms with van der Waals surface area (Å²) in [6.45, 7) is 1.38. The summed E-state index contributed by atoms with van der Waals surface area (Å²) in [4.78, 5) is 4.49. The maximum Gasteiger partial charge on any atom is 0.226 e. The molecule has 0 saturated carbocycles. The molecule has 0 radical (unpaired) electrons. The molecule has 1 N–H and O–H groups in total. The molecular weight excluding hydrogens is 395 g/mol. The fourth-order valence-electron chi connectivity index (χ4n) is 3.56. The van der Waals surface area contributed by atoms with Gasteiger partial charge in [-0.2, -0.15) is 5.10 Å². The minimum atomic E-state index is -0.280. The van der Waals surface area contributed by atoms with Crippen LogP contribution < -0.4 is 5.32 Å². The summed E-state index contributed by atoms with van der Waals surface area (Å²) in [6.07, 6.45) is 4.35. The van der Waals surface area contributed by atoms with Crippen molar-refractivity contribution < 1.29 is 13.2 Å². The summed E-state index contributed by atoms with van der Waals surface area (Å²) >= 11 is 0. The van der Waals surface area contributed by atoms with Crippen LogP contribution in [0.25, 0.3) is 33.9 Å². The molecule has 0 unspecified atom stereocenters. The highest BCUT2D eigenvalue weighted by Crippen LogP contribution is 2.29. The van der Waals surface area contributed by atoms with Gasteiger partial charge in [-0.1, -0.05) is 18.2 Å². The van der Waals surface area contributed by atoms with Gasteiger partial charge in [-0.25, -0.2) is 9.37 Å². The van der Waals surface area contributed by atoms with Gasteiger partial charge in [0.05, 0.1) is 5.69 Å². The lowest BCUT2D eigenvalue weighted by atomic mass is 10.2. The van der Waals surface area contributed by atoms with Crippen molar-refractivity contribution in [2.75, 3.05) is 6.54 Å². The van der Waals surface area contributed by atoms with Crippen LogP contribution in [-0.2, 0) is 20.0 Å². The molecule has 7 heteroatoms. The number of hydrogen-bond acceptors (Lipinski definition) is 5. The summed E-state index contributed by atoms with van der Waals surface area (Å²) < 4.78 is 26.4. The van der Waals surface area contributed by atoms with E-state index in [1.807, 2.05) is 43.6 Å². The molecular formula is C24H21FN4O2. The molecule has 0 saturated heterocycles. The average molecular weight is 416 g/mol. The number of nitrogens with zero attached hydrogens (tertiary/aromatic N) is 3. The number of para-hydroxylation sites is 1. The molecule has 5 rings (SSSR count). The van der Waals surface area contributed by atoms with Gasteiger partial charge < -0.3 is 14.2 Å². The number of fused-ring (bicyclic) bond motifs is 1. The van der Waals surface area contributed by atoms with E-state index in [2.05, 4.69) is 15.4 Å². The summed E-state index contributed by atoms with van der Waals surface area (Å²) in [7, 11) is 1.90. The average Bonchev–Trinajstić information content (AvgIpc) is 3.49. The Morgan fingerprint density at radius 1 is 1.10 bits per heavy atom. The minimum Gasteiger partial charge on any atom is -0.454 e. The van der Waals surface area contributed by atoms with Gasteiger partial charge >= 0.3 is 0 Å². The van der Waals surface area contributed by atoms with Crippen LogP contribution in [0.15, 0.2) is 75.9 Å². The van der Waals surface area contributed by atoms with E-state index in [-0.39, 0.29) is 5.82 Å². The Balaban J connectivity index is 1.22. The maximum absolute atomic E-state index is 13.1. The number of furan rings is 1. The Morgan fingerprint density at radius 2 is 1.94 bits per heavy atom. The highest BCUT2D eigenvalue weighted by atomic mass is 19.1. The molecule has 6 nitrogen and oxygen atoms in total. The number of benzene rings is 2. The zero-order valence-electron chi connectivity index (χ0n) is 17.0. The third kappa shape index (κ3) is 4.13. The molecule has 0 aliphatic carbocycles. The zero-order chi connectivity index (χ0) is 21.2. The van der Waals surface area contributed by atoms with Gasteiger partial charge in [0, 0.05) is 49.3 Å². The minimum absolute atomic E-state index is 0.280. The SMILES string of the molecule is Cn1cc(CNCCc2coc(-c3ccc(F)cc3)n2)c(-c2cc3ccccc3o2)n1. The van der Waals surface area contributed by atoms with Crippen molar-refractivity contribution in [2.24, 2.45) is 7.05 Å². The molecule has 0 amide bonds. The van der Waals surface area contributed by atoms with Gasteiger partial charge in [-0.05, 0) is 36.4 Å². The smallest absolute Gasteiger partial charge is 0.226 e. The third-order valence-electron chi connectivity index (χ3n) is 5.08. The molecule has 0 spiro atoms. The van der Waals surface area contributed by atoms with Crippen LogP contribution in [0.2, 0.25) is 0 Å². The molecule has 0 atom stereocenters. The van der Waals surface area contributed by atoms with E-state index in [4.69, 9.17) is 8.83 Å². The van der Waals surface area contributed by atoms with Crippen molar-refractivity contribution in [1.82, 2.24) is 20.1 Å². The Bertz CT molecular complexity index is 1280. The monoisotopic (exact) mass is 416 g/mol. The van der Waals surface area contributed by atoms with Crippen molar-refractivity contribution in [2.45, 2.75) is 13.0 Å². The number of hydrogen-bond donors (Lipinski definition) is 1. The lowest BCUT2D eigenvalue weighted by molar-refractivity contribution is 0.571. The van der Waals surface area contributed by atoms with E-state index in [9.17, 15) is 4.39 Å². The number of oxazole rings is 1. The Hall–Kier alpha value is -3.71. The first-order valence-corrected chi connectivity index (χ1v) is 10.1. The van der Waals surface area contributed by atoms with Gasteiger partial charge in [0.2, 0.25) is 5.89 Å². The normalized spacial score (nSPS) is 11.4. The van der Waals surface area contributed by atoms with Gasteiger partial charge in [0.1, 0.15) is 23.4 Å². The predicted molar refractivity (Wildman–Crippen MR) is 116 cm³/mol.